The number of hydrogen-bond donors (Lipinski definition) is 0. The van der Waals surface area contributed by atoms with E-state index >= 15 is 0 Å². The van der Waals surface area contributed by atoms with E-state index in [4.69, 9.17) is 8.85 Å². The molecule has 0 saturated carbocycles. The Kier molecular flexibility index (Phi) is 6.01. The summed E-state index contributed by atoms with van der Waals surface area (Å²) in [7, 11) is -1.34. The summed E-state index contributed by atoms with van der Waals surface area (Å²) >= 11 is 0. The minimum absolute atomic E-state index is 0.238. The molecule has 0 aliphatic heterocycles. The Morgan fingerprint density at radius 3 is 2.42 bits per heavy atom. The Morgan fingerprint density at radius 1 is 1.50 bits per heavy atom. The van der Waals surface area contributed by atoms with Gasteiger partial charge in [0.25, 0.3) is 5.97 Å². The van der Waals surface area contributed by atoms with Crippen LogP contribution in [0.5, 0.6) is 0 Å². The summed E-state index contributed by atoms with van der Waals surface area (Å²) in [5.74, 6) is 0.280. The van der Waals surface area contributed by atoms with Gasteiger partial charge in [-0.25, -0.2) is 0 Å². The maximum Gasteiger partial charge on any atom is 0.460 e. The lowest BCUT2D eigenvalue weighted by atomic mass is 10.3. The second kappa shape index (κ2) is 6.19. The normalized spacial score (nSPS) is 10.8. The second-order valence-corrected chi connectivity index (χ2v) is 4.64. The van der Waals surface area contributed by atoms with Gasteiger partial charge in [-0.1, -0.05) is 13.8 Å². The van der Waals surface area contributed by atoms with Gasteiger partial charge in [-0.3, -0.25) is 4.79 Å². The Morgan fingerprint density at radius 2 is 2.08 bits per heavy atom. The van der Waals surface area contributed by atoms with Crippen molar-refractivity contribution in [1.82, 2.24) is 0 Å². The lowest BCUT2D eigenvalue weighted by molar-refractivity contribution is -0.133. The molecule has 12 heavy (non-hydrogen) atoms. The minimum Gasteiger partial charge on any atom is -0.492 e. The molecule has 0 N–H and O–H groups in total. The molecular weight excluding hydrogens is 172 g/mol. The average Bonchev–Trinajstić information content (AvgIpc) is 1.84. The van der Waals surface area contributed by atoms with Crippen molar-refractivity contribution in [3.8, 4) is 0 Å². The van der Waals surface area contributed by atoms with Crippen molar-refractivity contribution < 1.29 is 13.6 Å². The molecule has 4 heteroatoms. The van der Waals surface area contributed by atoms with Crippen LogP contribution in [-0.4, -0.2) is 21.9 Å². The summed E-state index contributed by atoms with van der Waals surface area (Å²) in [5, 5.41) is 0. The molecule has 1 radical (unpaired) electrons. The van der Waals surface area contributed by atoms with Crippen molar-refractivity contribution in [2.75, 3.05) is 6.61 Å². The van der Waals surface area contributed by atoms with E-state index in [2.05, 4.69) is 13.8 Å². The molecule has 0 fully saturated rings. The van der Waals surface area contributed by atoms with Gasteiger partial charge < -0.3 is 8.85 Å². The largest absolute Gasteiger partial charge is 0.492 e. The Labute approximate surface area is 75.9 Å². The predicted molar refractivity (Wildman–Crippen MR) is 48.8 cm³/mol. The third-order valence-corrected chi connectivity index (χ3v) is 3.41. The first kappa shape index (κ1) is 11.6. The highest BCUT2D eigenvalue weighted by molar-refractivity contribution is 6.46. The van der Waals surface area contributed by atoms with Crippen LogP contribution < -0.4 is 0 Å². The van der Waals surface area contributed by atoms with Crippen LogP contribution in [0.15, 0.2) is 0 Å². The fraction of sp³-hybridized carbons (Fsp3) is 0.875. The monoisotopic (exact) mass is 189 g/mol. The quantitative estimate of drug-likeness (QED) is 0.618. The molecule has 0 amide bonds. The molecule has 0 unspecified atom stereocenters. The van der Waals surface area contributed by atoms with Crippen LogP contribution >= 0.6 is 0 Å². The maximum atomic E-state index is 10.6. The lowest BCUT2D eigenvalue weighted by Gasteiger charge is -2.14. The van der Waals surface area contributed by atoms with Gasteiger partial charge in [-0.2, -0.15) is 0 Å². The average molecular weight is 189 g/mol. The molecule has 3 nitrogen and oxygen atoms in total. The van der Waals surface area contributed by atoms with Gasteiger partial charge in [-0.05, 0) is 12.8 Å². The van der Waals surface area contributed by atoms with Crippen molar-refractivity contribution in [3.63, 3.8) is 0 Å². The number of carbonyl (C=O) groups is 1. The molecule has 0 bridgehead atoms. The van der Waals surface area contributed by atoms with Crippen molar-refractivity contribution in [3.05, 3.63) is 0 Å². The van der Waals surface area contributed by atoms with E-state index < -0.39 is 9.28 Å². The Hall–Kier alpha value is -0.353. The van der Waals surface area contributed by atoms with E-state index in [9.17, 15) is 4.79 Å². The van der Waals surface area contributed by atoms with Gasteiger partial charge in [0.1, 0.15) is 0 Å². The first-order valence-corrected chi connectivity index (χ1v) is 5.75. The summed E-state index contributed by atoms with van der Waals surface area (Å²) in [4.78, 5) is 10.6. The molecule has 0 aromatic heterocycles. The fourth-order valence-corrected chi connectivity index (χ4v) is 2.35. The van der Waals surface area contributed by atoms with Crippen LogP contribution in [-0.2, 0) is 13.6 Å². The molecule has 71 valence electrons. The zero-order chi connectivity index (χ0) is 9.56. The van der Waals surface area contributed by atoms with Crippen LogP contribution in [0, 0.1) is 5.92 Å². The van der Waals surface area contributed by atoms with Gasteiger partial charge in [0.15, 0.2) is 0 Å². The molecule has 0 saturated heterocycles. The minimum atomic E-state index is -1.34. The third-order valence-electron chi connectivity index (χ3n) is 1.14. The van der Waals surface area contributed by atoms with Crippen molar-refractivity contribution in [2.24, 2.45) is 5.92 Å². The van der Waals surface area contributed by atoms with Crippen LogP contribution in [0.1, 0.15) is 27.7 Å². The van der Waals surface area contributed by atoms with Crippen LogP contribution in [0.4, 0.5) is 0 Å². The summed E-state index contributed by atoms with van der Waals surface area (Å²) in [5.41, 5.74) is 0. The van der Waals surface area contributed by atoms with E-state index in [0.29, 0.717) is 12.5 Å². The van der Waals surface area contributed by atoms with Crippen LogP contribution in [0.25, 0.3) is 0 Å². The molecule has 0 aliphatic rings. The zero-order valence-corrected chi connectivity index (χ0v) is 9.22. The van der Waals surface area contributed by atoms with E-state index in [1.165, 1.54) is 6.92 Å². The van der Waals surface area contributed by atoms with E-state index in [1.54, 1.807) is 0 Å². The van der Waals surface area contributed by atoms with E-state index in [-0.39, 0.29) is 5.97 Å². The molecule has 0 atom stereocenters. The summed E-state index contributed by atoms with van der Waals surface area (Å²) < 4.78 is 10.4. The third kappa shape index (κ3) is 6.36. The van der Waals surface area contributed by atoms with Gasteiger partial charge in [-0.15, -0.1) is 0 Å². The lowest BCUT2D eigenvalue weighted by Crippen LogP contribution is -2.26. The molecule has 0 aromatic carbocycles. The Balaban J connectivity index is 3.77. The van der Waals surface area contributed by atoms with Crippen LogP contribution in [0.3, 0.4) is 0 Å². The smallest absolute Gasteiger partial charge is 0.460 e. The molecule has 0 aliphatic carbocycles. The molecule has 0 aromatic rings. The second-order valence-electron chi connectivity index (χ2n) is 3.00. The first-order valence-electron chi connectivity index (χ1n) is 4.23. The number of rotatable bonds is 5. The van der Waals surface area contributed by atoms with Gasteiger partial charge in [0.2, 0.25) is 0 Å². The SMILES string of the molecule is CCO[Si](CC(C)C)OC(C)=O. The molecular formula is C8H17O3Si. The van der Waals surface area contributed by atoms with E-state index in [0.717, 1.165) is 6.04 Å². The molecule has 0 rings (SSSR count). The number of carbonyl (C=O) groups excluding carboxylic acids is 1. The van der Waals surface area contributed by atoms with Gasteiger partial charge >= 0.3 is 9.28 Å². The van der Waals surface area contributed by atoms with Crippen molar-refractivity contribution in [1.29, 1.82) is 0 Å². The van der Waals surface area contributed by atoms with Crippen LogP contribution in [0.2, 0.25) is 6.04 Å². The first-order chi connectivity index (χ1) is 5.56. The summed E-state index contributed by atoms with van der Waals surface area (Å²) in [6.07, 6.45) is 0. The standard InChI is InChI=1S/C8H17O3Si/c1-5-10-12(6-7(2)3)11-8(4)9/h7H,5-6H2,1-4H3. The summed E-state index contributed by atoms with van der Waals surface area (Å²) in [6, 6.07) is 0.859. The van der Waals surface area contributed by atoms with Crippen molar-refractivity contribution in [2.45, 2.75) is 33.7 Å². The molecule has 0 heterocycles. The Bertz CT molecular complexity index is 136. The maximum absolute atomic E-state index is 10.6. The molecule has 0 spiro atoms. The zero-order valence-electron chi connectivity index (χ0n) is 8.22. The number of hydrogen-bond acceptors (Lipinski definition) is 3. The van der Waals surface area contributed by atoms with Crippen molar-refractivity contribution >= 4 is 15.3 Å². The highest BCUT2D eigenvalue weighted by Crippen LogP contribution is 2.07. The highest BCUT2D eigenvalue weighted by Gasteiger charge is 2.20. The van der Waals surface area contributed by atoms with Gasteiger partial charge in [0, 0.05) is 19.6 Å². The predicted octanol–water partition coefficient (Wildman–Crippen LogP) is 1.73. The highest BCUT2D eigenvalue weighted by atomic mass is 28.3. The van der Waals surface area contributed by atoms with Gasteiger partial charge in [0.05, 0.1) is 0 Å². The summed E-state index contributed by atoms with van der Waals surface area (Å²) in [6.45, 7) is 8.13. The van der Waals surface area contributed by atoms with E-state index in [1.807, 2.05) is 6.92 Å². The fourth-order valence-electron chi connectivity index (χ4n) is 0.785. The topological polar surface area (TPSA) is 35.5 Å².